The molecule has 9 heteroatoms. The Morgan fingerprint density at radius 2 is 2.22 bits per heavy atom. The molecule has 0 bridgehead atoms. The zero-order valence-corrected chi connectivity index (χ0v) is 15.7. The van der Waals surface area contributed by atoms with Gasteiger partial charge in [0.05, 0.1) is 17.8 Å². The molecule has 8 nitrogen and oxygen atoms in total. The molecular weight excluding hydrogens is 368 g/mol. The highest BCUT2D eigenvalue weighted by molar-refractivity contribution is 7.13. The molecule has 3 aromatic heterocycles. The molecule has 3 aromatic rings. The predicted molar refractivity (Wildman–Crippen MR) is 99.1 cm³/mol. The van der Waals surface area contributed by atoms with Gasteiger partial charge in [-0.2, -0.15) is 0 Å². The van der Waals surface area contributed by atoms with Crippen LogP contribution in [0.2, 0.25) is 0 Å². The van der Waals surface area contributed by atoms with Crippen molar-refractivity contribution in [2.24, 2.45) is 0 Å². The van der Waals surface area contributed by atoms with Crippen LogP contribution in [0.25, 0.3) is 10.7 Å². The van der Waals surface area contributed by atoms with Crippen LogP contribution in [0.5, 0.6) is 0 Å². The fourth-order valence-corrected chi connectivity index (χ4v) is 3.09. The molecule has 140 valence electrons. The number of nitrogens with one attached hydrogen (secondary N) is 1. The Morgan fingerprint density at radius 1 is 1.37 bits per heavy atom. The SMILES string of the molecule is CCC(OC(=O)Cc1csc(-c2ccccn2)n1)C(=O)Nc1cc(C)on1. The summed E-state index contributed by atoms with van der Waals surface area (Å²) in [5.41, 5.74) is 1.32. The number of carbonyl (C=O) groups is 2. The third kappa shape index (κ3) is 4.98. The van der Waals surface area contributed by atoms with Crippen LogP contribution in [0.3, 0.4) is 0 Å². The molecule has 0 aromatic carbocycles. The summed E-state index contributed by atoms with van der Waals surface area (Å²) in [6.07, 6.45) is 1.09. The Kier molecular flexibility index (Phi) is 5.92. The monoisotopic (exact) mass is 386 g/mol. The van der Waals surface area contributed by atoms with E-state index in [0.29, 0.717) is 17.9 Å². The number of aromatic nitrogens is 3. The van der Waals surface area contributed by atoms with Gasteiger partial charge in [0.1, 0.15) is 10.8 Å². The molecule has 27 heavy (non-hydrogen) atoms. The summed E-state index contributed by atoms with van der Waals surface area (Å²) in [4.78, 5) is 33.1. The first-order chi connectivity index (χ1) is 13.0. The average Bonchev–Trinajstić information content (AvgIpc) is 3.29. The Labute approximate surface area is 159 Å². The van der Waals surface area contributed by atoms with E-state index in [1.54, 1.807) is 31.5 Å². The summed E-state index contributed by atoms with van der Waals surface area (Å²) in [7, 11) is 0. The number of aryl methyl sites for hydroxylation is 1. The van der Waals surface area contributed by atoms with Crippen molar-refractivity contribution < 1.29 is 18.8 Å². The normalized spacial score (nSPS) is 11.8. The smallest absolute Gasteiger partial charge is 0.312 e. The third-order valence-electron chi connectivity index (χ3n) is 3.58. The largest absolute Gasteiger partial charge is 0.452 e. The van der Waals surface area contributed by atoms with E-state index in [-0.39, 0.29) is 12.2 Å². The molecule has 0 aliphatic carbocycles. The molecule has 0 saturated carbocycles. The first-order valence-electron chi connectivity index (χ1n) is 8.34. The number of ether oxygens (including phenoxy) is 1. The van der Waals surface area contributed by atoms with Gasteiger partial charge in [0.25, 0.3) is 5.91 Å². The maximum Gasteiger partial charge on any atom is 0.312 e. The molecule has 0 saturated heterocycles. The summed E-state index contributed by atoms with van der Waals surface area (Å²) in [6.45, 7) is 3.47. The van der Waals surface area contributed by atoms with Crippen molar-refractivity contribution in [1.29, 1.82) is 0 Å². The number of rotatable bonds is 7. The number of hydrogen-bond donors (Lipinski definition) is 1. The van der Waals surface area contributed by atoms with Gasteiger partial charge < -0.3 is 14.6 Å². The third-order valence-corrected chi connectivity index (χ3v) is 4.49. The molecule has 0 radical (unpaired) electrons. The zero-order chi connectivity index (χ0) is 19.2. The van der Waals surface area contributed by atoms with Gasteiger partial charge in [0.2, 0.25) is 0 Å². The Hall–Kier alpha value is -3.07. The van der Waals surface area contributed by atoms with Crippen LogP contribution in [0.1, 0.15) is 24.8 Å². The Morgan fingerprint density at radius 3 is 2.89 bits per heavy atom. The quantitative estimate of drug-likeness (QED) is 0.622. The number of thiazole rings is 1. The zero-order valence-electron chi connectivity index (χ0n) is 14.8. The van der Waals surface area contributed by atoms with Gasteiger partial charge in [0.15, 0.2) is 11.9 Å². The molecule has 0 aliphatic heterocycles. The highest BCUT2D eigenvalue weighted by Crippen LogP contribution is 2.21. The molecular formula is C18H18N4O4S. The molecule has 1 amide bonds. The summed E-state index contributed by atoms with van der Waals surface area (Å²) in [6, 6.07) is 7.13. The van der Waals surface area contributed by atoms with Gasteiger partial charge in [-0.25, -0.2) is 4.98 Å². The van der Waals surface area contributed by atoms with Crippen LogP contribution in [0.4, 0.5) is 5.82 Å². The Bertz CT molecular complexity index is 922. The number of esters is 1. The molecule has 0 fully saturated rings. The van der Waals surface area contributed by atoms with Gasteiger partial charge in [0, 0.05) is 17.6 Å². The molecule has 1 atom stereocenters. The average molecular weight is 386 g/mol. The first kappa shape index (κ1) is 18.7. The van der Waals surface area contributed by atoms with Crippen LogP contribution in [-0.4, -0.2) is 33.1 Å². The van der Waals surface area contributed by atoms with E-state index >= 15 is 0 Å². The van der Waals surface area contributed by atoms with E-state index in [1.807, 2.05) is 18.2 Å². The minimum Gasteiger partial charge on any atom is -0.452 e. The maximum atomic E-state index is 12.2. The van der Waals surface area contributed by atoms with E-state index in [4.69, 9.17) is 9.26 Å². The standard InChI is InChI=1S/C18H18N4O4S/c1-3-14(17(24)21-15-8-11(2)26-22-15)25-16(23)9-12-10-27-18(20-12)13-6-4-5-7-19-13/h4-8,10,14H,3,9H2,1-2H3,(H,21,22,24). The first-order valence-corrected chi connectivity index (χ1v) is 9.22. The van der Waals surface area contributed by atoms with E-state index in [0.717, 1.165) is 10.7 Å². The maximum absolute atomic E-state index is 12.2. The molecule has 1 N–H and O–H groups in total. The van der Waals surface area contributed by atoms with Crippen molar-refractivity contribution in [3.05, 3.63) is 47.3 Å². The highest BCUT2D eigenvalue weighted by Gasteiger charge is 2.23. The fourth-order valence-electron chi connectivity index (χ4n) is 2.30. The van der Waals surface area contributed by atoms with E-state index in [2.05, 4.69) is 20.4 Å². The van der Waals surface area contributed by atoms with Crippen molar-refractivity contribution in [3.63, 3.8) is 0 Å². The van der Waals surface area contributed by atoms with Crippen molar-refractivity contribution >= 4 is 29.0 Å². The number of amides is 1. The second-order valence-corrected chi connectivity index (χ2v) is 6.59. The van der Waals surface area contributed by atoms with Crippen LogP contribution in [-0.2, 0) is 20.7 Å². The van der Waals surface area contributed by atoms with Crippen molar-refractivity contribution in [3.8, 4) is 10.7 Å². The van der Waals surface area contributed by atoms with Crippen LogP contribution >= 0.6 is 11.3 Å². The van der Waals surface area contributed by atoms with Gasteiger partial charge >= 0.3 is 5.97 Å². The minimum atomic E-state index is -0.914. The summed E-state index contributed by atoms with van der Waals surface area (Å²) < 4.78 is 10.2. The highest BCUT2D eigenvalue weighted by atomic mass is 32.1. The van der Waals surface area contributed by atoms with Crippen molar-refractivity contribution in [2.75, 3.05) is 5.32 Å². The lowest BCUT2D eigenvalue weighted by Crippen LogP contribution is -2.32. The fraction of sp³-hybridized carbons (Fsp3) is 0.278. The van der Waals surface area contributed by atoms with E-state index < -0.39 is 18.0 Å². The lowest BCUT2D eigenvalue weighted by atomic mass is 10.2. The molecule has 0 spiro atoms. The predicted octanol–water partition coefficient (Wildman–Crippen LogP) is 3.00. The molecule has 0 aliphatic rings. The second kappa shape index (κ2) is 8.54. The van der Waals surface area contributed by atoms with Crippen LogP contribution < -0.4 is 5.32 Å². The number of pyridine rings is 1. The summed E-state index contributed by atoms with van der Waals surface area (Å²) >= 11 is 1.40. The summed E-state index contributed by atoms with van der Waals surface area (Å²) in [5, 5.41) is 8.76. The lowest BCUT2D eigenvalue weighted by molar-refractivity contribution is -0.153. The van der Waals surface area contributed by atoms with E-state index in [1.165, 1.54) is 11.3 Å². The van der Waals surface area contributed by atoms with E-state index in [9.17, 15) is 9.59 Å². The van der Waals surface area contributed by atoms with Crippen molar-refractivity contribution in [2.45, 2.75) is 32.8 Å². The van der Waals surface area contributed by atoms with Crippen LogP contribution in [0.15, 0.2) is 40.4 Å². The van der Waals surface area contributed by atoms with Gasteiger partial charge in [-0.3, -0.25) is 14.6 Å². The Balaban J connectivity index is 1.57. The molecule has 3 heterocycles. The number of hydrogen-bond acceptors (Lipinski definition) is 8. The topological polar surface area (TPSA) is 107 Å². The number of anilines is 1. The van der Waals surface area contributed by atoms with Gasteiger partial charge in [-0.15, -0.1) is 11.3 Å². The number of carbonyl (C=O) groups excluding carboxylic acids is 2. The second-order valence-electron chi connectivity index (χ2n) is 5.73. The molecule has 1 unspecified atom stereocenters. The van der Waals surface area contributed by atoms with Crippen LogP contribution in [0, 0.1) is 6.92 Å². The van der Waals surface area contributed by atoms with Gasteiger partial charge in [-0.1, -0.05) is 18.1 Å². The van der Waals surface area contributed by atoms with Crippen molar-refractivity contribution in [1.82, 2.24) is 15.1 Å². The minimum absolute atomic E-state index is 0.0177. The molecule has 3 rings (SSSR count). The summed E-state index contributed by atoms with van der Waals surface area (Å²) in [5.74, 6) is -0.119. The lowest BCUT2D eigenvalue weighted by Gasteiger charge is -2.14. The van der Waals surface area contributed by atoms with Gasteiger partial charge in [-0.05, 0) is 25.5 Å². The number of nitrogens with zero attached hydrogens (tertiary/aromatic N) is 3.